The van der Waals surface area contributed by atoms with Gasteiger partial charge in [-0.1, -0.05) is 17.3 Å². The fourth-order valence-electron chi connectivity index (χ4n) is 2.47. The number of benzene rings is 1. The van der Waals surface area contributed by atoms with Crippen molar-refractivity contribution in [1.82, 2.24) is 19.7 Å². The highest BCUT2D eigenvalue weighted by molar-refractivity contribution is 5.94. The molecule has 7 heteroatoms. The molecule has 1 saturated carbocycles. The van der Waals surface area contributed by atoms with Gasteiger partial charge in [0.2, 0.25) is 17.6 Å². The maximum absolute atomic E-state index is 11.9. The zero-order chi connectivity index (χ0) is 16.5. The Bertz CT molecular complexity index is 852. The first-order valence-electron chi connectivity index (χ1n) is 7.93. The summed E-state index contributed by atoms with van der Waals surface area (Å²) in [5.41, 5.74) is 1.55. The van der Waals surface area contributed by atoms with Crippen molar-refractivity contribution >= 4 is 11.6 Å². The van der Waals surface area contributed by atoms with Gasteiger partial charge in [0.25, 0.3) is 0 Å². The quantitative estimate of drug-likeness (QED) is 0.780. The second kappa shape index (κ2) is 5.92. The summed E-state index contributed by atoms with van der Waals surface area (Å²) in [7, 11) is 0. The summed E-state index contributed by atoms with van der Waals surface area (Å²) in [6.07, 6.45) is 7.22. The van der Waals surface area contributed by atoms with Crippen LogP contribution in [0, 0.1) is 5.92 Å². The Balaban J connectivity index is 1.54. The second-order valence-corrected chi connectivity index (χ2v) is 5.99. The number of amides is 1. The number of carbonyl (C=O) groups is 1. The molecule has 1 unspecified atom stereocenters. The molecule has 122 valence electrons. The predicted octanol–water partition coefficient (Wildman–Crippen LogP) is 2.89. The third-order valence-electron chi connectivity index (χ3n) is 4.11. The van der Waals surface area contributed by atoms with Crippen LogP contribution in [-0.2, 0) is 4.79 Å². The normalized spacial score (nSPS) is 15.2. The van der Waals surface area contributed by atoms with Gasteiger partial charge in [-0.2, -0.15) is 4.98 Å². The number of hydrogen-bond donors (Lipinski definition) is 1. The van der Waals surface area contributed by atoms with Crippen molar-refractivity contribution in [3.05, 3.63) is 48.9 Å². The van der Waals surface area contributed by atoms with Crippen LogP contribution in [0.3, 0.4) is 0 Å². The van der Waals surface area contributed by atoms with Gasteiger partial charge in [-0.15, -0.1) is 0 Å². The zero-order valence-electron chi connectivity index (χ0n) is 13.2. The van der Waals surface area contributed by atoms with E-state index < -0.39 is 0 Å². The van der Waals surface area contributed by atoms with Gasteiger partial charge < -0.3 is 14.4 Å². The minimum absolute atomic E-state index is 0.0784. The molecule has 1 amide bonds. The molecule has 1 aromatic carbocycles. The van der Waals surface area contributed by atoms with E-state index in [0.717, 1.165) is 24.1 Å². The van der Waals surface area contributed by atoms with Crippen molar-refractivity contribution in [3.63, 3.8) is 0 Å². The average molecular weight is 323 g/mol. The maximum atomic E-state index is 11.9. The molecule has 0 saturated heterocycles. The SMILES string of the molecule is CC(c1nc(-c2cccc(NC(=O)C3CC3)c2)no1)n1ccnc1. The molecule has 2 heterocycles. The number of hydrogen-bond acceptors (Lipinski definition) is 5. The molecular weight excluding hydrogens is 306 g/mol. The van der Waals surface area contributed by atoms with Crippen LogP contribution < -0.4 is 5.32 Å². The first kappa shape index (κ1) is 14.6. The summed E-state index contributed by atoms with van der Waals surface area (Å²) < 4.78 is 7.27. The van der Waals surface area contributed by atoms with Crippen molar-refractivity contribution in [1.29, 1.82) is 0 Å². The molecule has 4 rings (SSSR count). The van der Waals surface area contributed by atoms with E-state index in [4.69, 9.17) is 4.52 Å². The largest absolute Gasteiger partial charge is 0.337 e. The smallest absolute Gasteiger partial charge is 0.249 e. The fourth-order valence-corrected chi connectivity index (χ4v) is 2.47. The van der Waals surface area contributed by atoms with Gasteiger partial charge in [-0.25, -0.2) is 4.98 Å². The van der Waals surface area contributed by atoms with E-state index in [-0.39, 0.29) is 17.9 Å². The third kappa shape index (κ3) is 2.92. The molecule has 1 atom stereocenters. The number of carbonyl (C=O) groups excluding carboxylic acids is 1. The van der Waals surface area contributed by atoms with Crippen molar-refractivity contribution < 1.29 is 9.32 Å². The topological polar surface area (TPSA) is 85.8 Å². The Morgan fingerprint density at radius 3 is 3.04 bits per heavy atom. The summed E-state index contributed by atoms with van der Waals surface area (Å²) >= 11 is 0. The molecule has 1 aliphatic carbocycles. The summed E-state index contributed by atoms with van der Waals surface area (Å²) in [6, 6.07) is 7.39. The lowest BCUT2D eigenvalue weighted by molar-refractivity contribution is -0.117. The van der Waals surface area contributed by atoms with Crippen molar-refractivity contribution in [3.8, 4) is 11.4 Å². The lowest BCUT2D eigenvalue weighted by Gasteiger charge is -2.06. The lowest BCUT2D eigenvalue weighted by Crippen LogP contribution is -2.13. The van der Waals surface area contributed by atoms with E-state index in [0.29, 0.717) is 11.7 Å². The minimum Gasteiger partial charge on any atom is -0.337 e. The van der Waals surface area contributed by atoms with Crippen LogP contribution in [-0.4, -0.2) is 25.6 Å². The van der Waals surface area contributed by atoms with Gasteiger partial charge >= 0.3 is 0 Å². The minimum atomic E-state index is -0.0912. The summed E-state index contributed by atoms with van der Waals surface area (Å²) in [5, 5.41) is 6.98. The first-order valence-corrected chi connectivity index (χ1v) is 7.93. The molecule has 0 bridgehead atoms. The highest BCUT2D eigenvalue weighted by Gasteiger charge is 2.29. The molecule has 1 aliphatic rings. The Kier molecular flexibility index (Phi) is 3.60. The third-order valence-corrected chi connectivity index (χ3v) is 4.11. The van der Waals surface area contributed by atoms with Crippen molar-refractivity contribution in [2.75, 3.05) is 5.32 Å². The average Bonchev–Trinajstić information content (AvgIpc) is 3.11. The fraction of sp³-hybridized carbons (Fsp3) is 0.294. The highest BCUT2D eigenvalue weighted by atomic mass is 16.5. The van der Waals surface area contributed by atoms with Crippen LogP contribution in [0.5, 0.6) is 0 Å². The summed E-state index contributed by atoms with van der Waals surface area (Å²) in [5.74, 6) is 1.26. The molecule has 0 spiro atoms. The molecule has 7 nitrogen and oxygen atoms in total. The molecule has 24 heavy (non-hydrogen) atoms. The van der Waals surface area contributed by atoms with Gasteiger partial charge in [0.1, 0.15) is 6.04 Å². The van der Waals surface area contributed by atoms with Crippen LogP contribution >= 0.6 is 0 Å². The number of aromatic nitrogens is 4. The van der Waals surface area contributed by atoms with E-state index in [1.807, 2.05) is 42.0 Å². The molecule has 0 radical (unpaired) electrons. The summed E-state index contributed by atoms with van der Waals surface area (Å²) in [6.45, 7) is 1.96. The van der Waals surface area contributed by atoms with Gasteiger partial charge in [-0.3, -0.25) is 4.79 Å². The number of anilines is 1. The van der Waals surface area contributed by atoms with E-state index in [1.165, 1.54) is 0 Å². The Morgan fingerprint density at radius 1 is 1.42 bits per heavy atom. The van der Waals surface area contributed by atoms with Crippen LogP contribution in [0.1, 0.15) is 31.7 Å². The zero-order valence-corrected chi connectivity index (χ0v) is 13.2. The second-order valence-electron chi connectivity index (χ2n) is 5.99. The number of imidazole rings is 1. The van der Waals surface area contributed by atoms with E-state index in [1.54, 1.807) is 12.5 Å². The Labute approximate surface area is 138 Å². The molecule has 0 aliphatic heterocycles. The first-order chi connectivity index (χ1) is 11.7. The van der Waals surface area contributed by atoms with Gasteiger partial charge in [0.15, 0.2) is 0 Å². The van der Waals surface area contributed by atoms with Gasteiger partial charge in [-0.05, 0) is 31.9 Å². The molecule has 2 aromatic heterocycles. The van der Waals surface area contributed by atoms with Crippen LogP contribution in [0.15, 0.2) is 47.5 Å². The van der Waals surface area contributed by atoms with Crippen LogP contribution in [0.2, 0.25) is 0 Å². The molecular formula is C17H17N5O2. The Hall–Kier alpha value is -2.96. The molecule has 1 fully saturated rings. The van der Waals surface area contributed by atoms with Gasteiger partial charge in [0, 0.05) is 29.6 Å². The standard InChI is InChI=1S/C17H17N5O2/c1-11(22-8-7-18-10-22)17-20-15(21-24-17)13-3-2-4-14(9-13)19-16(23)12-5-6-12/h2-4,7-12H,5-6H2,1H3,(H,19,23). The number of nitrogens with one attached hydrogen (secondary N) is 1. The predicted molar refractivity (Wildman–Crippen MR) is 87.1 cm³/mol. The number of rotatable bonds is 5. The van der Waals surface area contributed by atoms with Crippen LogP contribution in [0.4, 0.5) is 5.69 Å². The lowest BCUT2D eigenvalue weighted by atomic mass is 10.2. The maximum Gasteiger partial charge on any atom is 0.249 e. The van der Waals surface area contributed by atoms with Crippen LogP contribution in [0.25, 0.3) is 11.4 Å². The highest BCUT2D eigenvalue weighted by Crippen LogP contribution is 2.30. The van der Waals surface area contributed by atoms with Crippen molar-refractivity contribution in [2.45, 2.75) is 25.8 Å². The molecule has 3 aromatic rings. The Morgan fingerprint density at radius 2 is 2.29 bits per heavy atom. The monoisotopic (exact) mass is 323 g/mol. The van der Waals surface area contributed by atoms with E-state index in [9.17, 15) is 4.79 Å². The number of nitrogens with zero attached hydrogens (tertiary/aromatic N) is 4. The van der Waals surface area contributed by atoms with Gasteiger partial charge in [0.05, 0.1) is 6.33 Å². The van der Waals surface area contributed by atoms with E-state index in [2.05, 4.69) is 20.4 Å². The summed E-state index contributed by atoms with van der Waals surface area (Å²) in [4.78, 5) is 20.4. The molecule has 1 N–H and O–H groups in total. The van der Waals surface area contributed by atoms with E-state index >= 15 is 0 Å². The van der Waals surface area contributed by atoms with Crippen molar-refractivity contribution in [2.24, 2.45) is 5.92 Å².